The Morgan fingerprint density at radius 2 is 2.03 bits per heavy atom. The van der Waals surface area contributed by atoms with Gasteiger partial charge in [-0.05, 0) is 61.4 Å². The second-order valence-corrected chi connectivity index (χ2v) is 9.04. The maximum Gasteiger partial charge on any atom is 0.248 e. The van der Waals surface area contributed by atoms with Gasteiger partial charge >= 0.3 is 0 Å². The molecule has 9 nitrogen and oxygen atoms in total. The molecule has 1 aliphatic heterocycles. The van der Waals surface area contributed by atoms with Gasteiger partial charge in [0.05, 0.1) is 22.3 Å². The average molecular weight is 520 g/mol. The number of likely N-dealkylation sites (tertiary alicyclic amines) is 1. The van der Waals surface area contributed by atoms with Crippen molar-refractivity contribution in [3.8, 4) is 11.5 Å². The third kappa shape index (κ3) is 5.90. The number of amides is 1. The van der Waals surface area contributed by atoms with Gasteiger partial charge in [-0.25, -0.2) is 9.97 Å². The molecule has 1 saturated heterocycles. The molecule has 0 aliphatic carbocycles. The molecule has 1 atom stereocenters. The van der Waals surface area contributed by atoms with Crippen molar-refractivity contribution in [3.05, 3.63) is 77.8 Å². The topological polar surface area (TPSA) is 110 Å². The minimum atomic E-state index is -0.486. The van der Waals surface area contributed by atoms with E-state index in [-0.39, 0.29) is 11.9 Å². The molecule has 1 unspecified atom stereocenters. The number of ether oxygens (including phenoxy) is 2. The lowest BCUT2D eigenvalue weighted by molar-refractivity contribution is -0.135. The monoisotopic (exact) mass is 519 g/mol. The van der Waals surface area contributed by atoms with Gasteiger partial charge < -0.3 is 24.8 Å². The van der Waals surface area contributed by atoms with Crippen LogP contribution in [-0.2, 0) is 11.4 Å². The maximum absolute atomic E-state index is 12.0. The predicted octanol–water partition coefficient (Wildman–Crippen LogP) is 4.36. The summed E-state index contributed by atoms with van der Waals surface area (Å²) < 4.78 is 11.8. The second kappa shape index (κ2) is 11.4. The number of carbonyl (C=O) groups is 1. The van der Waals surface area contributed by atoms with E-state index < -0.39 is 6.61 Å². The molecule has 5 rings (SSSR count). The number of aliphatic hydroxyl groups excluding tert-OH is 1. The van der Waals surface area contributed by atoms with Crippen molar-refractivity contribution in [1.82, 2.24) is 19.9 Å². The molecule has 2 aromatic carbocycles. The zero-order valence-corrected chi connectivity index (χ0v) is 20.8. The zero-order valence-electron chi connectivity index (χ0n) is 20.0. The van der Waals surface area contributed by atoms with Crippen molar-refractivity contribution in [1.29, 1.82) is 0 Å². The summed E-state index contributed by atoms with van der Waals surface area (Å²) in [7, 11) is 0. The number of benzene rings is 2. The van der Waals surface area contributed by atoms with E-state index in [1.807, 2.05) is 42.5 Å². The standard InChI is InChI=1S/C27H26ClN5O4/c28-23-12-18(6-9-25(23)37-15-19-4-1-2-10-29-19)32-27-22-13-21(7-8-24(22)30-17-31-27)36-16-20-5-3-11-33(20)26(35)14-34/h1-2,4,6-10,12-13,17,20,34H,3,5,11,14-16H2,(H,30,31,32). The number of hydrogen-bond donors (Lipinski definition) is 2. The van der Waals surface area contributed by atoms with Crippen LogP contribution in [0.1, 0.15) is 18.5 Å². The lowest BCUT2D eigenvalue weighted by atomic mass is 10.2. The number of anilines is 2. The van der Waals surface area contributed by atoms with E-state index in [4.69, 9.17) is 21.1 Å². The van der Waals surface area contributed by atoms with Crippen LogP contribution in [0, 0.1) is 0 Å². The van der Waals surface area contributed by atoms with E-state index in [1.165, 1.54) is 6.33 Å². The molecule has 4 aromatic rings. The Labute approximate surface area is 219 Å². The Morgan fingerprint density at radius 3 is 2.84 bits per heavy atom. The molecule has 0 saturated carbocycles. The lowest BCUT2D eigenvalue weighted by Gasteiger charge is -2.24. The van der Waals surface area contributed by atoms with Crippen molar-refractivity contribution in [2.24, 2.45) is 0 Å². The van der Waals surface area contributed by atoms with E-state index in [1.54, 1.807) is 23.2 Å². The number of aromatic nitrogens is 3. The molecule has 190 valence electrons. The molecule has 0 radical (unpaired) electrons. The summed E-state index contributed by atoms with van der Waals surface area (Å²) in [4.78, 5) is 26.7. The van der Waals surface area contributed by atoms with Crippen LogP contribution in [0.15, 0.2) is 67.1 Å². The number of pyridine rings is 1. The van der Waals surface area contributed by atoms with Crippen LogP contribution in [0.4, 0.5) is 11.5 Å². The highest BCUT2D eigenvalue weighted by Gasteiger charge is 2.28. The van der Waals surface area contributed by atoms with E-state index in [9.17, 15) is 9.90 Å². The van der Waals surface area contributed by atoms with Gasteiger partial charge in [-0.2, -0.15) is 0 Å². The molecular weight excluding hydrogens is 494 g/mol. The highest BCUT2D eigenvalue weighted by atomic mass is 35.5. The van der Waals surface area contributed by atoms with Gasteiger partial charge in [-0.1, -0.05) is 17.7 Å². The fraction of sp³-hybridized carbons (Fsp3) is 0.259. The molecule has 2 aromatic heterocycles. The predicted molar refractivity (Wildman–Crippen MR) is 140 cm³/mol. The van der Waals surface area contributed by atoms with Crippen molar-refractivity contribution in [3.63, 3.8) is 0 Å². The number of hydrogen-bond acceptors (Lipinski definition) is 8. The first-order chi connectivity index (χ1) is 18.1. The van der Waals surface area contributed by atoms with E-state index in [0.29, 0.717) is 42.1 Å². The summed E-state index contributed by atoms with van der Waals surface area (Å²) in [6.07, 6.45) is 4.96. The molecule has 3 heterocycles. The van der Waals surface area contributed by atoms with E-state index in [0.717, 1.165) is 35.1 Å². The van der Waals surface area contributed by atoms with Crippen LogP contribution >= 0.6 is 11.6 Å². The van der Waals surface area contributed by atoms with Crippen LogP contribution < -0.4 is 14.8 Å². The van der Waals surface area contributed by atoms with E-state index in [2.05, 4.69) is 20.3 Å². The number of nitrogens with zero attached hydrogens (tertiary/aromatic N) is 4. The van der Waals surface area contributed by atoms with Crippen LogP contribution in [-0.4, -0.2) is 56.7 Å². The third-order valence-corrected chi connectivity index (χ3v) is 6.47. The highest BCUT2D eigenvalue weighted by Crippen LogP contribution is 2.32. The van der Waals surface area contributed by atoms with Gasteiger partial charge in [0.25, 0.3) is 0 Å². The molecule has 0 spiro atoms. The van der Waals surface area contributed by atoms with Gasteiger partial charge in [-0.3, -0.25) is 9.78 Å². The van der Waals surface area contributed by atoms with E-state index >= 15 is 0 Å². The molecule has 1 aliphatic rings. The van der Waals surface area contributed by atoms with Crippen LogP contribution in [0.3, 0.4) is 0 Å². The van der Waals surface area contributed by atoms with Gasteiger partial charge in [0.1, 0.15) is 43.5 Å². The van der Waals surface area contributed by atoms with Gasteiger partial charge in [0.2, 0.25) is 5.91 Å². The summed E-state index contributed by atoms with van der Waals surface area (Å²) in [5.41, 5.74) is 2.31. The number of aliphatic hydroxyl groups is 1. The first kappa shape index (κ1) is 24.7. The highest BCUT2D eigenvalue weighted by molar-refractivity contribution is 6.32. The number of halogens is 1. The van der Waals surface area contributed by atoms with Gasteiger partial charge in [0.15, 0.2) is 0 Å². The normalized spacial score (nSPS) is 15.1. The molecule has 0 bridgehead atoms. The molecule has 37 heavy (non-hydrogen) atoms. The maximum atomic E-state index is 12.0. The largest absolute Gasteiger partial charge is 0.491 e. The zero-order chi connectivity index (χ0) is 25.6. The average Bonchev–Trinajstić information content (AvgIpc) is 3.40. The minimum absolute atomic E-state index is 0.0551. The fourth-order valence-corrected chi connectivity index (χ4v) is 4.55. The molecule has 1 fully saturated rings. The summed E-state index contributed by atoms with van der Waals surface area (Å²) in [5.74, 6) is 1.54. The van der Waals surface area contributed by atoms with Gasteiger partial charge in [-0.15, -0.1) is 0 Å². The minimum Gasteiger partial charge on any atom is -0.491 e. The summed E-state index contributed by atoms with van der Waals surface area (Å²) in [6.45, 7) is 0.825. The Bertz CT molecular complexity index is 1390. The second-order valence-electron chi connectivity index (χ2n) is 8.63. The molecular formula is C27H26ClN5O4. The number of fused-ring (bicyclic) bond motifs is 1. The number of rotatable bonds is 9. The van der Waals surface area contributed by atoms with Crippen molar-refractivity contribution >= 4 is 39.9 Å². The van der Waals surface area contributed by atoms with Crippen LogP contribution in [0.25, 0.3) is 10.9 Å². The first-order valence-electron chi connectivity index (χ1n) is 12.0. The van der Waals surface area contributed by atoms with Crippen molar-refractivity contribution in [2.45, 2.75) is 25.5 Å². The SMILES string of the molecule is O=C(CO)N1CCCC1COc1ccc2ncnc(Nc3ccc(OCc4ccccn4)c(Cl)c3)c2c1. The lowest BCUT2D eigenvalue weighted by Crippen LogP contribution is -2.40. The Balaban J connectivity index is 1.28. The molecule has 2 N–H and O–H groups in total. The number of nitrogens with one attached hydrogen (secondary N) is 1. The Morgan fingerprint density at radius 1 is 1.11 bits per heavy atom. The summed E-state index contributed by atoms with van der Waals surface area (Å²) in [6, 6.07) is 16.6. The fourth-order valence-electron chi connectivity index (χ4n) is 4.31. The van der Waals surface area contributed by atoms with Gasteiger partial charge in [0, 0.05) is 23.8 Å². The Kier molecular flexibility index (Phi) is 7.62. The Hall–Kier alpha value is -3.95. The van der Waals surface area contributed by atoms with Crippen LogP contribution in [0.2, 0.25) is 5.02 Å². The number of carbonyl (C=O) groups excluding carboxylic acids is 1. The summed E-state index contributed by atoms with van der Waals surface area (Å²) in [5, 5.41) is 13.7. The third-order valence-electron chi connectivity index (χ3n) is 6.18. The van der Waals surface area contributed by atoms with Crippen LogP contribution in [0.5, 0.6) is 11.5 Å². The first-order valence-corrected chi connectivity index (χ1v) is 12.4. The quantitative estimate of drug-likeness (QED) is 0.335. The summed E-state index contributed by atoms with van der Waals surface area (Å²) >= 11 is 6.47. The van der Waals surface area contributed by atoms with Crippen molar-refractivity contribution in [2.75, 3.05) is 25.1 Å². The molecule has 10 heteroatoms. The smallest absolute Gasteiger partial charge is 0.248 e. The van der Waals surface area contributed by atoms with Crippen molar-refractivity contribution < 1.29 is 19.4 Å². The molecule has 1 amide bonds.